The van der Waals surface area contributed by atoms with Crippen LogP contribution in [0.15, 0.2) is 30.5 Å². The second kappa shape index (κ2) is 3.39. The van der Waals surface area contributed by atoms with Crippen molar-refractivity contribution in [3.8, 4) is 0 Å². The summed E-state index contributed by atoms with van der Waals surface area (Å²) >= 11 is 0. The zero-order valence-electron chi connectivity index (χ0n) is 7.11. The standard InChI is InChI=1S/C9H7FNO2P/c10-7-5-6-3-1-2-4-11(6)8(7)9(12)13-14/h1-5H,14H2. The van der Waals surface area contributed by atoms with Gasteiger partial charge in [-0.05, 0) is 12.1 Å². The first kappa shape index (κ1) is 9.16. The van der Waals surface area contributed by atoms with Crippen LogP contribution in [0.3, 0.4) is 0 Å². The average Bonchev–Trinajstić information content (AvgIpc) is 2.53. The summed E-state index contributed by atoms with van der Waals surface area (Å²) in [5.74, 6) is -1.29. The molecule has 0 amide bonds. The van der Waals surface area contributed by atoms with Crippen LogP contribution >= 0.6 is 9.47 Å². The minimum Gasteiger partial charge on any atom is -0.447 e. The Morgan fingerprint density at radius 3 is 3.00 bits per heavy atom. The summed E-state index contributed by atoms with van der Waals surface area (Å²) in [6.45, 7) is 0. The van der Waals surface area contributed by atoms with Crippen molar-refractivity contribution in [2.24, 2.45) is 0 Å². The van der Waals surface area contributed by atoms with Crippen molar-refractivity contribution in [2.45, 2.75) is 0 Å². The van der Waals surface area contributed by atoms with Crippen LogP contribution < -0.4 is 0 Å². The molecular formula is C9H7FNO2P. The number of halogens is 1. The van der Waals surface area contributed by atoms with Gasteiger partial charge in [0.05, 0.1) is 9.47 Å². The third-order valence-electron chi connectivity index (χ3n) is 1.93. The summed E-state index contributed by atoms with van der Waals surface area (Å²) in [6.07, 6.45) is 1.61. The van der Waals surface area contributed by atoms with Crippen molar-refractivity contribution in [2.75, 3.05) is 0 Å². The molecule has 2 rings (SSSR count). The molecule has 0 radical (unpaired) electrons. The molecule has 0 N–H and O–H groups in total. The van der Waals surface area contributed by atoms with Crippen LogP contribution in [0.5, 0.6) is 0 Å². The maximum atomic E-state index is 13.3. The van der Waals surface area contributed by atoms with Crippen LogP contribution in [-0.4, -0.2) is 10.4 Å². The quantitative estimate of drug-likeness (QED) is 0.675. The van der Waals surface area contributed by atoms with Gasteiger partial charge in [0, 0.05) is 17.8 Å². The van der Waals surface area contributed by atoms with Gasteiger partial charge < -0.3 is 8.92 Å². The molecule has 2 heterocycles. The van der Waals surface area contributed by atoms with E-state index in [1.165, 1.54) is 10.5 Å². The molecule has 72 valence electrons. The summed E-state index contributed by atoms with van der Waals surface area (Å²) in [7, 11) is 1.80. The SMILES string of the molecule is O=C(OP)c1c(F)cc2ccccn12. The highest BCUT2D eigenvalue weighted by Crippen LogP contribution is 2.16. The van der Waals surface area contributed by atoms with Gasteiger partial charge in [0.1, 0.15) is 0 Å². The summed E-state index contributed by atoms with van der Waals surface area (Å²) in [4.78, 5) is 11.2. The van der Waals surface area contributed by atoms with Crippen molar-refractivity contribution in [3.63, 3.8) is 0 Å². The van der Waals surface area contributed by atoms with E-state index in [4.69, 9.17) is 0 Å². The number of pyridine rings is 1. The van der Waals surface area contributed by atoms with Crippen LogP contribution in [0.4, 0.5) is 4.39 Å². The number of fused-ring (bicyclic) bond motifs is 1. The van der Waals surface area contributed by atoms with Crippen LogP contribution in [0.2, 0.25) is 0 Å². The Morgan fingerprint density at radius 2 is 2.29 bits per heavy atom. The Kier molecular flexibility index (Phi) is 2.22. The molecule has 1 unspecified atom stereocenters. The van der Waals surface area contributed by atoms with Crippen molar-refractivity contribution in [3.05, 3.63) is 42.0 Å². The Morgan fingerprint density at radius 1 is 1.50 bits per heavy atom. The number of hydrogen-bond acceptors (Lipinski definition) is 2. The highest BCUT2D eigenvalue weighted by molar-refractivity contribution is 7.10. The Labute approximate surface area is 81.8 Å². The van der Waals surface area contributed by atoms with E-state index in [0.717, 1.165) is 0 Å². The minimum absolute atomic E-state index is 0.0874. The number of hydrogen-bond donors (Lipinski definition) is 0. The smallest absolute Gasteiger partial charge is 0.360 e. The van der Waals surface area contributed by atoms with Crippen LogP contribution in [-0.2, 0) is 4.52 Å². The zero-order valence-corrected chi connectivity index (χ0v) is 8.26. The lowest BCUT2D eigenvalue weighted by Crippen LogP contribution is -2.04. The fourth-order valence-electron chi connectivity index (χ4n) is 1.34. The lowest BCUT2D eigenvalue weighted by atomic mass is 10.4. The second-order valence-corrected chi connectivity index (χ2v) is 2.98. The maximum Gasteiger partial charge on any atom is 0.360 e. The normalized spacial score (nSPS) is 10.4. The van der Waals surface area contributed by atoms with Gasteiger partial charge in [-0.3, -0.25) is 0 Å². The topological polar surface area (TPSA) is 30.7 Å². The predicted octanol–water partition coefficient (Wildman–Crippen LogP) is 2.03. The molecule has 2 aromatic heterocycles. The van der Waals surface area contributed by atoms with E-state index in [0.29, 0.717) is 5.52 Å². The zero-order chi connectivity index (χ0) is 10.1. The Hall–Kier alpha value is -1.41. The molecule has 0 aromatic carbocycles. The third-order valence-corrected chi connectivity index (χ3v) is 2.15. The summed E-state index contributed by atoms with van der Waals surface area (Å²) < 4.78 is 19.2. The summed E-state index contributed by atoms with van der Waals surface area (Å²) in [5.41, 5.74) is 0.533. The molecule has 0 spiro atoms. The number of rotatable bonds is 1. The fourth-order valence-corrected chi connectivity index (χ4v) is 1.45. The number of carbonyl (C=O) groups is 1. The first-order valence-electron chi connectivity index (χ1n) is 3.90. The number of aromatic nitrogens is 1. The van der Waals surface area contributed by atoms with E-state index < -0.39 is 11.8 Å². The Balaban J connectivity index is 2.74. The third kappa shape index (κ3) is 1.28. The van der Waals surface area contributed by atoms with Gasteiger partial charge in [-0.1, -0.05) is 6.07 Å². The van der Waals surface area contributed by atoms with Gasteiger partial charge in [-0.25, -0.2) is 9.18 Å². The van der Waals surface area contributed by atoms with Crippen molar-refractivity contribution >= 4 is 21.0 Å². The molecule has 1 atom stereocenters. The van der Waals surface area contributed by atoms with Crippen molar-refractivity contribution < 1.29 is 13.7 Å². The van der Waals surface area contributed by atoms with Gasteiger partial charge in [-0.2, -0.15) is 0 Å². The van der Waals surface area contributed by atoms with Gasteiger partial charge in [0.15, 0.2) is 11.5 Å². The molecule has 3 nitrogen and oxygen atoms in total. The molecule has 0 saturated heterocycles. The predicted molar refractivity (Wildman–Crippen MR) is 52.5 cm³/mol. The maximum absolute atomic E-state index is 13.3. The highest BCUT2D eigenvalue weighted by Gasteiger charge is 2.17. The van der Waals surface area contributed by atoms with Crippen LogP contribution in [0, 0.1) is 5.82 Å². The lowest BCUT2D eigenvalue weighted by Gasteiger charge is -1.99. The summed E-state index contributed by atoms with van der Waals surface area (Å²) in [6, 6.07) is 6.48. The van der Waals surface area contributed by atoms with E-state index in [2.05, 4.69) is 4.52 Å². The molecule has 14 heavy (non-hydrogen) atoms. The molecule has 0 bridgehead atoms. The van der Waals surface area contributed by atoms with E-state index >= 15 is 0 Å². The van der Waals surface area contributed by atoms with Crippen LogP contribution in [0.25, 0.3) is 5.52 Å². The van der Waals surface area contributed by atoms with Gasteiger partial charge in [0.2, 0.25) is 0 Å². The average molecular weight is 211 g/mol. The van der Waals surface area contributed by atoms with Gasteiger partial charge in [0.25, 0.3) is 0 Å². The van der Waals surface area contributed by atoms with Crippen molar-refractivity contribution in [1.29, 1.82) is 0 Å². The summed E-state index contributed by atoms with van der Waals surface area (Å²) in [5, 5.41) is 0. The molecule has 2 aromatic rings. The Bertz CT molecular complexity index is 495. The molecular weight excluding hydrogens is 204 g/mol. The van der Waals surface area contributed by atoms with Crippen molar-refractivity contribution in [1.82, 2.24) is 4.40 Å². The van der Waals surface area contributed by atoms with E-state index in [1.807, 2.05) is 0 Å². The molecule has 0 aliphatic rings. The fraction of sp³-hybridized carbons (Fsp3) is 0. The number of nitrogens with zero attached hydrogens (tertiary/aromatic N) is 1. The molecule has 5 heteroatoms. The molecule has 0 fully saturated rings. The van der Waals surface area contributed by atoms with E-state index in [9.17, 15) is 9.18 Å². The van der Waals surface area contributed by atoms with Gasteiger partial charge >= 0.3 is 5.97 Å². The van der Waals surface area contributed by atoms with E-state index in [-0.39, 0.29) is 5.69 Å². The largest absolute Gasteiger partial charge is 0.447 e. The minimum atomic E-state index is -0.710. The molecule has 0 aliphatic carbocycles. The van der Waals surface area contributed by atoms with Gasteiger partial charge in [-0.15, -0.1) is 0 Å². The first-order chi connectivity index (χ1) is 6.74. The van der Waals surface area contributed by atoms with E-state index in [1.54, 1.807) is 33.9 Å². The second-order valence-electron chi connectivity index (χ2n) is 2.74. The van der Waals surface area contributed by atoms with Crippen LogP contribution in [0.1, 0.15) is 10.5 Å². The number of carbonyl (C=O) groups excluding carboxylic acids is 1. The molecule has 0 aliphatic heterocycles. The molecule has 0 saturated carbocycles. The highest BCUT2D eigenvalue weighted by atomic mass is 31.0. The first-order valence-corrected chi connectivity index (χ1v) is 4.38. The lowest BCUT2D eigenvalue weighted by molar-refractivity contribution is 0.0753. The monoisotopic (exact) mass is 211 g/mol.